The van der Waals surface area contributed by atoms with Crippen LogP contribution in [0.2, 0.25) is 0 Å². The molecule has 1 heterocycles. The van der Waals surface area contributed by atoms with Crippen molar-refractivity contribution in [2.24, 2.45) is 0 Å². The molecular weight excluding hydrogens is 262 g/mol. The SMILES string of the molecule is COC(=O)CCS(=O)(=O)NCC1(O)CCOCC1. The molecule has 0 atom stereocenters. The van der Waals surface area contributed by atoms with Crippen molar-refractivity contribution in [3.8, 4) is 0 Å². The number of rotatable bonds is 6. The molecule has 0 aliphatic carbocycles. The summed E-state index contributed by atoms with van der Waals surface area (Å²) in [5.41, 5.74) is -1.06. The van der Waals surface area contributed by atoms with E-state index in [0.717, 1.165) is 0 Å². The van der Waals surface area contributed by atoms with E-state index in [1.54, 1.807) is 0 Å². The fourth-order valence-electron chi connectivity index (χ4n) is 1.56. The summed E-state index contributed by atoms with van der Waals surface area (Å²) < 4.78 is 34.9. The molecule has 8 heteroatoms. The van der Waals surface area contributed by atoms with E-state index in [1.807, 2.05) is 0 Å². The third-order valence-corrected chi connectivity index (χ3v) is 4.17. The maximum atomic E-state index is 11.6. The van der Waals surface area contributed by atoms with Crippen LogP contribution in [-0.2, 0) is 24.3 Å². The Balaban J connectivity index is 2.38. The second-order valence-electron chi connectivity index (χ2n) is 4.30. The predicted molar refractivity (Wildman–Crippen MR) is 63.4 cm³/mol. The van der Waals surface area contributed by atoms with Crippen molar-refractivity contribution in [1.29, 1.82) is 0 Å². The van der Waals surface area contributed by atoms with E-state index < -0.39 is 21.6 Å². The highest BCUT2D eigenvalue weighted by molar-refractivity contribution is 7.89. The monoisotopic (exact) mass is 281 g/mol. The van der Waals surface area contributed by atoms with Gasteiger partial charge in [0.15, 0.2) is 0 Å². The Kier molecular flexibility index (Phi) is 5.51. The first kappa shape index (κ1) is 15.4. The number of carbonyl (C=O) groups excluding carboxylic acids is 1. The van der Waals surface area contributed by atoms with Gasteiger partial charge < -0.3 is 14.6 Å². The van der Waals surface area contributed by atoms with E-state index in [0.29, 0.717) is 26.1 Å². The average Bonchev–Trinajstić information content (AvgIpc) is 2.35. The normalized spacial score (nSPS) is 19.4. The summed E-state index contributed by atoms with van der Waals surface area (Å²) in [6.07, 6.45) is 0.590. The molecule has 106 valence electrons. The van der Waals surface area contributed by atoms with Gasteiger partial charge >= 0.3 is 5.97 Å². The Morgan fingerprint density at radius 1 is 1.44 bits per heavy atom. The smallest absolute Gasteiger partial charge is 0.306 e. The molecule has 0 bridgehead atoms. The number of sulfonamides is 1. The van der Waals surface area contributed by atoms with Crippen LogP contribution in [0.4, 0.5) is 0 Å². The van der Waals surface area contributed by atoms with E-state index in [1.165, 1.54) is 7.11 Å². The predicted octanol–water partition coefficient (Wildman–Crippen LogP) is -0.990. The second kappa shape index (κ2) is 6.46. The molecule has 0 saturated carbocycles. The van der Waals surface area contributed by atoms with Crippen molar-refractivity contribution >= 4 is 16.0 Å². The number of methoxy groups -OCH3 is 1. The van der Waals surface area contributed by atoms with Crippen molar-refractivity contribution in [1.82, 2.24) is 4.72 Å². The Bertz CT molecular complexity index is 374. The van der Waals surface area contributed by atoms with E-state index in [2.05, 4.69) is 9.46 Å². The first-order valence-corrected chi connectivity index (χ1v) is 7.36. The summed E-state index contributed by atoms with van der Waals surface area (Å²) in [6.45, 7) is 0.778. The number of ether oxygens (including phenoxy) is 2. The fourth-order valence-corrected chi connectivity index (χ4v) is 2.63. The van der Waals surface area contributed by atoms with Gasteiger partial charge in [0.2, 0.25) is 10.0 Å². The zero-order valence-corrected chi connectivity index (χ0v) is 11.2. The van der Waals surface area contributed by atoms with Gasteiger partial charge in [0.05, 0.1) is 24.9 Å². The van der Waals surface area contributed by atoms with Crippen LogP contribution in [0, 0.1) is 0 Å². The maximum absolute atomic E-state index is 11.6. The number of aliphatic hydroxyl groups is 1. The molecule has 18 heavy (non-hydrogen) atoms. The van der Waals surface area contributed by atoms with Crippen LogP contribution in [-0.4, -0.2) is 57.7 Å². The Morgan fingerprint density at radius 3 is 2.61 bits per heavy atom. The molecule has 1 aliphatic heterocycles. The zero-order valence-electron chi connectivity index (χ0n) is 10.3. The van der Waals surface area contributed by atoms with E-state index in [-0.39, 0.29) is 18.7 Å². The zero-order chi connectivity index (χ0) is 13.6. The average molecular weight is 281 g/mol. The lowest BCUT2D eigenvalue weighted by molar-refractivity contribution is -0.140. The summed E-state index contributed by atoms with van der Waals surface area (Å²) >= 11 is 0. The standard InChI is InChI=1S/C10H19NO6S/c1-16-9(12)2-7-18(14,15)11-8-10(13)3-5-17-6-4-10/h11,13H,2-8H2,1H3. The summed E-state index contributed by atoms with van der Waals surface area (Å²) in [7, 11) is -2.37. The molecule has 1 fully saturated rings. The van der Waals surface area contributed by atoms with Crippen LogP contribution in [0.1, 0.15) is 19.3 Å². The van der Waals surface area contributed by atoms with Crippen molar-refractivity contribution < 1.29 is 27.8 Å². The minimum Gasteiger partial charge on any atom is -0.469 e. The molecule has 0 spiro atoms. The van der Waals surface area contributed by atoms with Crippen LogP contribution in [0.25, 0.3) is 0 Å². The molecule has 2 N–H and O–H groups in total. The van der Waals surface area contributed by atoms with Gasteiger partial charge in [-0.15, -0.1) is 0 Å². The van der Waals surface area contributed by atoms with Gasteiger partial charge in [-0.1, -0.05) is 0 Å². The van der Waals surface area contributed by atoms with Crippen molar-refractivity contribution in [3.63, 3.8) is 0 Å². The molecule has 0 unspecified atom stereocenters. The molecular formula is C10H19NO6S. The highest BCUT2D eigenvalue weighted by Gasteiger charge is 2.31. The molecule has 0 aromatic carbocycles. The molecule has 0 amide bonds. The lowest BCUT2D eigenvalue weighted by Crippen LogP contribution is -2.47. The lowest BCUT2D eigenvalue weighted by atomic mass is 9.95. The second-order valence-corrected chi connectivity index (χ2v) is 6.23. The molecule has 0 aromatic heterocycles. The van der Waals surface area contributed by atoms with Gasteiger partial charge in [-0.2, -0.15) is 0 Å². The van der Waals surface area contributed by atoms with Crippen LogP contribution < -0.4 is 4.72 Å². The third kappa shape index (κ3) is 5.30. The largest absolute Gasteiger partial charge is 0.469 e. The minimum absolute atomic E-state index is 0.0557. The van der Waals surface area contributed by atoms with Crippen LogP contribution in [0.15, 0.2) is 0 Å². The van der Waals surface area contributed by atoms with Gasteiger partial charge in [-0.3, -0.25) is 4.79 Å². The van der Waals surface area contributed by atoms with Crippen LogP contribution >= 0.6 is 0 Å². The number of nitrogens with one attached hydrogen (secondary N) is 1. The van der Waals surface area contributed by atoms with Gasteiger partial charge in [0.25, 0.3) is 0 Å². The molecule has 1 rings (SSSR count). The van der Waals surface area contributed by atoms with Gasteiger partial charge in [-0.25, -0.2) is 13.1 Å². The van der Waals surface area contributed by atoms with Crippen molar-refractivity contribution in [2.75, 3.05) is 32.6 Å². The third-order valence-electron chi connectivity index (χ3n) is 2.85. The summed E-state index contributed by atoms with van der Waals surface area (Å²) in [5.74, 6) is -0.920. The van der Waals surface area contributed by atoms with Gasteiger partial charge in [0.1, 0.15) is 0 Å². The highest BCUT2D eigenvalue weighted by Crippen LogP contribution is 2.19. The number of esters is 1. The van der Waals surface area contributed by atoms with E-state index in [4.69, 9.17) is 4.74 Å². The first-order chi connectivity index (χ1) is 8.37. The summed E-state index contributed by atoms with van der Waals surface area (Å²) in [6, 6.07) is 0. The molecule has 1 aliphatic rings. The van der Waals surface area contributed by atoms with Gasteiger partial charge in [-0.05, 0) is 0 Å². The summed E-state index contributed by atoms with van der Waals surface area (Å²) in [4.78, 5) is 10.8. The van der Waals surface area contributed by atoms with E-state index in [9.17, 15) is 18.3 Å². The Labute approximate surface area is 107 Å². The van der Waals surface area contributed by atoms with Crippen LogP contribution in [0.5, 0.6) is 0 Å². The minimum atomic E-state index is -3.58. The molecule has 1 saturated heterocycles. The van der Waals surface area contributed by atoms with Gasteiger partial charge in [0, 0.05) is 32.6 Å². The highest BCUT2D eigenvalue weighted by atomic mass is 32.2. The molecule has 7 nitrogen and oxygen atoms in total. The summed E-state index contributed by atoms with van der Waals surface area (Å²) in [5, 5.41) is 10.1. The topological polar surface area (TPSA) is 102 Å². The molecule has 0 radical (unpaired) electrons. The van der Waals surface area contributed by atoms with Crippen LogP contribution in [0.3, 0.4) is 0 Å². The number of hydrogen-bond acceptors (Lipinski definition) is 6. The van der Waals surface area contributed by atoms with Crippen molar-refractivity contribution in [3.05, 3.63) is 0 Å². The molecule has 0 aromatic rings. The van der Waals surface area contributed by atoms with E-state index >= 15 is 0 Å². The maximum Gasteiger partial charge on any atom is 0.306 e. The first-order valence-electron chi connectivity index (χ1n) is 5.71. The number of carbonyl (C=O) groups is 1. The van der Waals surface area contributed by atoms with Crippen molar-refractivity contribution in [2.45, 2.75) is 24.9 Å². The quantitative estimate of drug-likeness (QED) is 0.606. The number of hydrogen-bond donors (Lipinski definition) is 2. The lowest BCUT2D eigenvalue weighted by Gasteiger charge is -2.31. The Hall–Kier alpha value is -0.700. The Morgan fingerprint density at radius 2 is 2.06 bits per heavy atom. The fraction of sp³-hybridized carbons (Fsp3) is 0.900.